The number of ether oxygens (including phenoxy) is 1. The summed E-state index contributed by atoms with van der Waals surface area (Å²) in [5.41, 5.74) is 0. The number of carbonyl (C=O) groups excluding carboxylic acids is 1. The second-order valence-electron chi connectivity index (χ2n) is 4.63. The first-order valence-electron chi connectivity index (χ1n) is 7.73. The van der Waals surface area contributed by atoms with Crippen molar-refractivity contribution >= 4 is 35.8 Å². The monoisotopic (exact) mass is 434 g/mol. The van der Waals surface area contributed by atoms with Gasteiger partial charge in [-0.2, -0.15) is 0 Å². The van der Waals surface area contributed by atoms with Crippen molar-refractivity contribution in [1.29, 1.82) is 0 Å². The van der Waals surface area contributed by atoms with Gasteiger partial charge in [0.25, 0.3) is 0 Å². The van der Waals surface area contributed by atoms with Crippen LogP contribution in [-0.2, 0) is 4.79 Å². The molecule has 1 aromatic carbocycles. The van der Waals surface area contributed by atoms with E-state index >= 15 is 0 Å². The number of rotatable bonds is 9. The lowest BCUT2D eigenvalue weighted by atomic mass is 10.3. The van der Waals surface area contributed by atoms with Crippen LogP contribution in [0.15, 0.2) is 35.3 Å². The maximum absolute atomic E-state index is 11.5. The highest BCUT2D eigenvalue weighted by molar-refractivity contribution is 14.0. The molecule has 1 aromatic rings. The van der Waals surface area contributed by atoms with E-state index in [1.165, 1.54) is 0 Å². The molecule has 7 heteroatoms. The van der Waals surface area contributed by atoms with Crippen LogP contribution < -0.4 is 20.7 Å². The van der Waals surface area contributed by atoms with Crippen LogP contribution in [0, 0.1) is 0 Å². The van der Waals surface area contributed by atoms with Crippen LogP contribution in [0.1, 0.15) is 20.3 Å². The molecule has 0 aliphatic rings. The number of nitrogens with one attached hydrogen (secondary N) is 3. The number of aliphatic imine (C=N–C) groups is 1. The summed E-state index contributed by atoms with van der Waals surface area (Å²) in [5, 5.41) is 9.02. The molecule has 0 aliphatic carbocycles. The van der Waals surface area contributed by atoms with Crippen LogP contribution in [-0.4, -0.2) is 44.7 Å². The first-order chi connectivity index (χ1) is 10.8. The van der Waals surface area contributed by atoms with E-state index in [0.717, 1.165) is 18.7 Å². The molecule has 3 N–H and O–H groups in total. The first kappa shape index (κ1) is 21.5. The summed E-state index contributed by atoms with van der Waals surface area (Å²) in [6.07, 6.45) is 0.921. The summed E-state index contributed by atoms with van der Waals surface area (Å²) in [5.74, 6) is 1.38. The van der Waals surface area contributed by atoms with Gasteiger partial charge >= 0.3 is 0 Å². The number of amides is 1. The van der Waals surface area contributed by atoms with Gasteiger partial charge in [0, 0.05) is 13.1 Å². The average molecular weight is 434 g/mol. The Labute approximate surface area is 155 Å². The van der Waals surface area contributed by atoms with Crippen LogP contribution in [0.2, 0.25) is 0 Å². The van der Waals surface area contributed by atoms with Gasteiger partial charge in [-0.3, -0.25) is 4.79 Å². The van der Waals surface area contributed by atoms with E-state index < -0.39 is 0 Å². The number of nitrogens with zero attached hydrogens (tertiary/aromatic N) is 1. The second-order valence-corrected chi connectivity index (χ2v) is 4.63. The summed E-state index contributed by atoms with van der Waals surface area (Å²) in [7, 11) is 0. The lowest BCUT2D eigenvalue weighted by molar-refractivity contribution is -0.119. The largest absolute Gasteiger partial charge is 0.492 e. The topological polar surface area (TPSA) is 74.8 Å². The fourth-order valence-electron chi connectivity index (χ4n) is 1.67. The number of carbonyl (C=O) groups is 1. The van der Waals surface area contributed by atoms with E-state index in [9.17, 15) is 4.79 Å². The number of halogens is 1. The van der Waals surface area contributed by atoms with E-state index in [2.05, 4.69) is 20.9 Å². The summed E-state index contributed by atoms with van der Waals surface area (Å²) in [6.45, 7) is 6.67. The maximum atomic E-state index is 11.5. The fraction of sp³-hybridized carbons (Fsp3) is 0.500. The maximum Gasteiger partial charge on any atom is 0.241 e. The van der Waals surface area contributed by atoms with Crippen molar-refractivity contribution in [2.45, 2.75) is 20.3 Å². The molecular weight excluding hydrogens is 407 g/mol. The van der Waals surface area contributed by atoms with Gasteiger partial charge in [-0.15, -0.1) is 24.0 Å². The van der Waals surface area contributed by atoms with E-state index in [1.807, 2.05) is 44.2 Å². The molecule has 0 radical (unpaired) electrons. The molecule has 6 nitrogen and oxygen atoms in total. The molecule has 0 unspecified atom stereocenters. The van der Waals surface area contributed by atoms with Crippen molar-refractivity contribution in [3.63, 3.8) is 0 Å². The molecule has 0 bridgehead atoms. The Morgan fingerprint density at radius 3 is 2.48 bits per heavy atom. The number of para-hydroxylation sites is 1. The summed E-state index contributed by atoms with van der Waals surface area (Å²) in [4.78, 5) is 15.8. The van der Waals surface area contributed by atoms with Crippen molar-refractivity contribution in [3.8, 4) is 5.75 Å². The van der Waals surface area contributed by atoms with Gasteiger partial charge in [0.1, 0.15) is 18.9 Å². The first-order valence-corrected chi connectivity index (χ1v) is 7.73. The van der Waals surface area contributed by atoms with Crippen molar-refractivity contribution < 1.29 is 9.53 Å². The smallest absolute Gasteiger partial charge is 0.241 e. The molecule has 0 saturated heterocycles. The zero-order chi connectivity index (χ0) is 16.0. The Kier molecular flexibility index (Phi) is 13.2. The number of hydrogen-bond donors (Lipinski definition) is 3. The zero-order valence-corrected chi connectivity index (χ0v) is 16.1. The molecule has 0 heterocycles. The molecule has 1 amide bonds. The van der Waals surface area contributed by atoms with Crippen LogP contribution in [0.3, 0.4) is 0 Å². The van der Waals surface area contributed by atoms with Crippen LogP contribution in [0.4, 0.5) is 0 Å². The van der Waals surface area contributed by atoms with Crippen molar-refractivity contribution in [2.24, 2.45) is 4.99 Å². The molecule has 0 spiro atoms. The predicted molar refractivity (Wildman–Crippen MR) is 105 cm³/mol. The van der Waals surface area contributed by atoms with Crippen molar-refractivity contribution in [2.75, 3.05) is 32.8 Å². The Morgan fingerprint density at radius 1 is 1.09 bits per heavy atom. The van der Waals surface area contributed by atoms with E-state index in [-0.39, 0.29) is 36.4 Å². The molecular formula is C16H27IN4O2. The molecule has 23 heavy (non-hydrogen) atoms. The fourth-order valence-corrected chi connectivity index (χ4v) is 1.67. The predicted octanol–water partition coefficient (Wildman–Crippen LogP) is 1.76. The Balaban J connectivity index is 0.00000484. The Morgan fingerprint density at radius 2 is 1.83 bits per heavy atom. The SMILES string of the molecule is CCCNC(=O)CN=C(NCC)NCCOc1ccccc1.I. The summed E-state index contributed by atoms with van der Waals surface area (Å²) < 4.78 is 5.59. The highest BCUT2D eigenvalue weighted by atomic mass is 127. The molecule has 0 aromatic heterocycles. The van der Waals surface area contributed by atoms with Gasteiger partial charge in [0.15, 0.2) is 5.96 Å². The van der Waals surface area contributed by atoms with Gasteiger partial charge in [-0.25, -0.2) is 4.99 Å². The summed E-state index contributed by atoms with van der Waals surface area (Å²) >= 11 is 0. The Bertz CT molecular complexity index is 455. The van der Waals surface area contributed by atoms with Gasteiger partial charge in [0.05, 0.1) is 6.54 Å². The van der Waals surface area contributed by atoms with E-state index in [1.54, 1.807) is 0 Å². The minimum atomic E-state index is -0.0698. The molecule has 130 valence electrons. The van der Waals surface area contributed by atoms with Gasteiger partial charge in [0.2, 0.25) is 5.91 Å². The molecule has 0 fully saturated rings. The van der Waals surface area contributed by atoms with Gasteiger partial charge in [-0.1, -0.05) is 25.1 Å². The lowest BCUT2D eigenvalue weighted by Crippen LogP contribution is -2.40. The van der Waals surface area contributed by atoms with Crippen LogP contribution in [0.5, 0.6) is 5.75 Å². The van der Waals surface area contributed by atoms with Crippen molar-refractivity contribution in [1.82, 2.24) is 16.0 Å². The highest BCUT2D eigenvalue weighted by Crippen LogP contribution is 2.07. The third kappa shape index (κ3) is 10.8. The number of benzene rings is 1. The molecule has 0 aliphatic heterocycles. The minimum Gasteiger partial charge on any atom is -0.492 e. The summed E-state index contributed by atoms with van der Waals surface area (Å²) in [6, 6.07) is 9.64. The quantitative estimate of drug-likeness (QED) is 0.240. The average Bonchev–Trinajstić information content (AvgIpc) is 2.55. The van der Waals surface area contributed by atoms with Crippen LogP contribution in [0.25, 0.3) is 0 Å². The van der Waals surface area contributed by atoms with Gasteiger partial charge in [-0.05, 0) is 25.5 Å². The zero-order valence-electron chi connectivity index (χ0n) is 13.8. The Hall–Kier alpha value is -1.51. The molecule has 1 rings (SSSR count). The number of hydrogen-bond acceptors (Lipinski definition) is 3. The van der Waals surface area contributed by atoms with E-state index in [0.29, 0.717) is 25.7 Å². The standard InChI is InChI=1S/C16H26N4O2.HI/c1-3-10-18-15(21)13-20-16(17-4-2)19-11-12-22-14-8-6-5-7-9-14;/h5-9H,3-4,10-13H2,1-2H3,(H,18,21)(H2,17,19,20);1H. The normalized spacial score (nSPS) is 10.4. The second kappa shape index (κ2) is 14.1. The van der Waals surface area contributed by atoms with Crippen molar-refractivity contribution in [3.05, 3.63) is 30.3 Å². The number of guanidine groups is 1. The lowest BCUT2D eigenvalue weighted by Gasteiger charge is -2.12. The molecule has 0 atom stereocenters. The third-order valence-corrected chi connectivity index (χ3v) is 2.70. The highest BCUT2D eigenvalue weighted by Gasteiger charge is 2.01. The molecule has 0 saturated carbocycles. The minimum absolute atomic E-state index is 0. The van der Waals surface area contributed by atoms with Gasteiger partial charge < -0.3 is 20.7 Å². The third-order valence-electron chi connectivity index (χ3n) is 2.70. The van der Waals surface area contributed by atoms with Crippen LogP contribution >= 0.6 is 24.0 Å². The van der Waals surface area contributed by atoms with E-state index in [4.69, 9.17) is 4.74 Å².